The number of rotatable bonds is 1. The molecule has 2 aromatic rings. The Hall–Kier alpha value is -1.71. The first-order chi connectivity index (χ1) is 7.74. The average Bonchev–Trinajstić information content (AvgIpc) is 2.84. The van der Waals surface area contributed by atoms with Gasteiger partial charge in [-0.3, -0.25) is 5.10 Å². The second-order valence-corrected chi connectivity index (χ2v) is 4.71. The third-order valence-electron chi connectivity index (χ3n) is 3.35. The van der Waals surface area contributed by atoms with Crippen LogP contribution < -0.4 is 10.6 Å². The van der Waals surface area contributed by atoms with Crippen molar-refractivity contribution in [3.05, 3.63) is 18.3 Å². The zero-order valence-corrected chi connectivity index (χ0v) is 9.40. The van der Waals surface area contributed by atoms with Gasteiger partial charge in [-0.25, -0.2) is 0 Å². The summed E-state index contributed by atoms with van der Waals surface area (Å²) in [4.78, 5) is 2.36. The molecule has 3 N–H and O–H groups in total. The van der Waals surface area contributed by atoms with Gasteiger partial charge in [-0.2, -0.15) is 5.10 Å². The summed E-state index contributed by atoms with van der Waals surface area (Å²) in [5.74, 6) is 0.761. The van der Waals surface area contributed by atoms with E-state index in [0.717, 1.165) is 41.3 Å². The van der Waals surface area contributed by atoms with Gasteiger partial charge in [0.05, 0.1) is 23.1 Å². The van der Waals surface area contributed by atoms with E-state index in [2.05, 4.69) is 28.1 Å². The first-order valence-electron chi connectivity index (χ1n) is 5.71. The lowest BCUT2D eigenvalue weighted by Crippen LogP contribution is -2.20. The Kier molecular flexibility index (Phi) is 2.02. The first kappa shape index (κ1) is 9.51. The van der Waals surface area contributed by atoms with E-state index in [-0.39, 0.29) is 0 Å². The largest absolute Gasteiger partial charge is 0.397 e. The van der Waals surface area contributed by atoms with Crippen LogP contribution in [0.1, 0.15) is 13.3 Å². The number of nitrogen functional groups attached to an aromatic ring is 1. The Morgan fingerprint density at radius 2 is 2.38 bits per heavy atom. The normalized spacial score (nSPS) is 20.8. The monoisotopic (exact) mass is 216 g/mol. The van der Waals surface area contributed by atoms with Crippen LogP contribution in [-0.2, 0) is 0 Å². The molecule has 1 aliphatic heterocycles. The molecule has 4 heteroatoms. The predicted molar refractivity (Wildman–Crippen MR) is 66.5 cm³/mol. The van der Waals surface area contributed by atoms with Crippen molar-refractivity contribution in [3.8, 4) is 0 Å². The molecule has 1 aromatic carbocycles. The molecule has 84 valence electrons. The summed E-state index contributed by atoms with van der Waals surface area (Å²) in [5.41, 5.74) is 9.14. The summed E-state index contributed by atoms with van der Waals surface area (Å²) in [6.45, 7) is 4.49. The summed E-state index contributed by atoms with van der Waals surface area (Å²) in [6, 6.07) is 4.10. The fourth-order valence-electron chi connectivity index (χ4n) is 2.43. The molecular formula is C12H16N4. The zero-order valence-electron chi connectivity index (χ0n) is 9.40. The molecule has 1 atom stereocenters. The van der Waals surface area contributed by atoms with Crippen molar-refractivity contribution in [2.45, 2.75) is 13.3 Å². The van der Waals surface area contributed by atoms with Gasteiger partial charge < -0.3 is 10.6 Å². The minimum atomic E-state index is 0.761. The van der Waals surface area contributed by atoms with Crippen molar-refractivity contribution in [3.63, 3.8) is 0 Å². The Morgan fingerprint density at radius 1 is 1.50 bits per heavy atom. The number of nitrogens with two attached hydrogens (primary N) is 1. The van der Waals surface area contributed by atoms with Crippen LogP contribution in [0.2, 0.25) is 0 Å². The lowest BCUT2D eigenvalue weighted by Gasteiger charge is -2.20. The second kappa shape index (κ2) is 3.40. The fraction of sp³-hybridized carbons (Fsp3) is 0.417. The van der Waals surface area contributed by atoms with E-state index in [1.54, 1.807) is 0 Å². The van der Waals surface area contributed by atoms with Crippen molar-refractivity contribution in [1.82, 2.24) is 10.2 Å². The van der Waals surface area contributed by atoms with Crippen LogP contribution in [0.3, 0.4) is 0 Å². The maximum absolute atomic E-state index is 6.09. The minimum absolute atomic E-state index is 0.761. The standard InChI is InChI=1S/C12H16N4/c1-8-2-3-16(7-8)12-5-11-9(4-10(12)13)6-14-15-11/h4-6,8H,2-3,7,13H2,1H3,(H,14,15). The van der Waals surface area contributed by atoms with Gasteiger partial charge in [-0.1, -0.05) is 6.92 Å². The van der Waals surface area contributed by atoms with Crippen LogP contribution in [0.25, 0.3) is 10.9 Å². The van der Waals surface area contributed by atoms with Gasteiger partial charge >= 0.3 is 0 Å². The number of hydrogen-bond acceptors (Lipinski definition) is 3. The third-order valence-corrected chi connectivity index (χ3v) is 3.35. The zero-order chi connectivity index (χ0) is 11.1. The Labute approximate surface area is 94.4 Å². The summed E-state index contributed by atoms with van der Waals surface area (Å²) < 4.78 is 0. The molecule has 2 heterocycles. The topological polar surface area (TPSA) is 57.9 Å². The molecule has 3 rings (SSSR count). The number of nitrogens with zero attached hydrogens (tertiary/aromatic N) is 2. The molecule has 0 aliphatic carbocycles. The maximum atomic E-state index is 6.09. The smallest absolute Gasteiger partial charge is 0.0672 e. The molecule has 1 aliphatic rings. The maximum Gasteiger partial charge on any atom is 0.0672 e. The van der Waals surface area contributed by atoms with Gasteiger partial charge in [-0.05, 0) is 24.5 Å². The predicted octanol–water partition coefficient (Wildman–Crippen LogP) is 1.99. The molecule has 0 amide bonds. The van der Waals surface area contributed by atoms with E-state index in [4.69, 9.17) is 5.73 Å². The molecule has 0 bridgehead atoms. The molecule has 4 nitrogen and oxygen atoms in total. The molecule has 0 spiro atoms. The highest BCUT2D eigenvalue weighted by Gasteiger charge is 2.20. The van der Waals surface area contributed by atoms with E-state index in [0.29, 0.717) is 0 Å². The quantitative estimate of drug-likeness (QED) is 0.717. The molecular weight excluding hydrogens is 200 g/mol. The second-order valence-electron chi connectivity index (χ2n) is 4.71. The molecule has 1 fully saturated rings. The van der Waals surface area contributed by atoms with Crippen LogP contribution in [-0.4, -0.2) is 23.3 Å². The minimum Gasteiger partial charge on any atom is -0.397 e. The van der Waals surface area contributed by atoms with Crippen molar-refractivity contribution >= 4 is 22.3 Å². The summed E-state index contributed by atoms with van der Waals surface area (Å²) >= 11 is 0. The molecule has 1 unspecified atom stereocenters. The number of nitrogens with one attached hydrogen (secondary N) is 1. The van der Waals surface area contributed by atoms with E-state index in [1.807, 2.05) is 12.3 Å². The van der Waals surface area contributed by atoms with Gasteiger partial charge in [0.2, 0.25) is 0 Å². The SMILES string of the molecule is CC1CCN(c2cc3[nH]ncc3cc2N)C1. The summed E-state index contributed by atoms with van der Waals surface area (Å²) in [6.07, 6.45) is 3.06. The van der Waals surface area contributed by atoms with E-state index in [1.165, 1.54) is 6.42 Å². The van der Waals surface area contributed by atoms with Gasteiger partial charge in [0.15, 0.2) is 0 Å². The number of anilines is 2. The lowest BCUT2D eigenvalue weighted by molar-refractivity contribution is 0.659. The lowest BCUT2D eigenvalue weighted by atomic mass is 10.1. The molecule has 0 saturated carbocycles. The van der Waals surface area contributed by atoms with Crippen LogP contribution in [0.5, 0.6) is 0 Å². The van der Waals surface area contributed by atoms with Crippen molar-refractivity contribution < 1.29 is 0 Å². The average molecular weight is 216 g/mol. The van der Waals surface area contributed by atoms with Crippen molar-refractivity contribution in [2.24, 2.45) is 5.92 Å². The van der Waals surface area contributed by atoms with Crippen LogP contribution in [0.4, 0.5) is 11.4 Å². The molecule has 1 aromatic heterocycles. The van der Waals surface area contributed by atoms with Crippen molar-refractivity contribution in [1.29, 1.82) is 0 Å². The number of fused-ring (bicyclic) bond motifs is 1. The number of H-pyrrole nitrogens is 1. The number of benzene rings is 1. The highest BCUT2D eigenvalue weighted by Crippen LogP contribution is 2.31. The highest BCUT2D eigenvalue weighted by molar-refractivity contribution is 5.89. The van der Waals surface area contributed by atoms with E-state index in [9.17, 15) is 0 Å². The van der Waals surface area contributed by atoms with Gasteiger partial charge in [-0.15, -0.1) is 0 Å². The van der Waals surface area contributed by atoms with Crippen LogP contribution in [0, 0.1) is 5.92 Å². The van der Waals surface area contributed by atoms with Crippen LogP contribution >= 0.6 is 0 Å². The molecule has 1 saturated heterocycles. The summed E-state index contributed by atoms with van der Waals surface area (Å²) in [7, 11) is 0. The number of aromatic nitrogens is 2. The van der Waals surface area contributed by atoms with E-state index < -0.39 is 0 Å². The van der Waals surface area contributed by atoms with Crippen LogP contribution in [0.15, 0.2) is 18.3 Å². The highest BCUT2D eigenvalue weighted by atomic mass is 15.2. The Bertz CT molecular complexity index is 517. The number of hydrogen-bond donors (Lipinski definition) is 2. The van der Waals surface area contributed by atoms with Gasteiger partial charge in [0, 0.05) is 18.5 Å². The molecule has 0 radical (unpaired) electrons. The van der Waals surface area contributed by atoms with Gasteiger partial charge in [0.1, 0.15) is 0 Å². The fourth-order valence-corrected chi connectivity index (χ4v) is 2.43. The third kappa shape index (κ3) is 1.41. The molecule has 16 heavy (non-hydrogen) atoms. The Balaban J connectivity index is 2.05. The van der Waals surface area contributed by atoms with Gasteiger partial charge in [0.25, 0.3) is 0 Å². The summed E-state index contributed by atoms with van der Waals surface area (Å²) in [5, 5.41) is 8.09. The van der Waals surface area contributed by atoms with E-state index >= 15 is 0 Å². The van der Waals surface area contributed by atoms with Crippen molar-refractivity contribution in [2.75, 3.05) is 23.7 Å². The first-order valence-corrected chi connectivity index (χ1v) is 5.71. The Morgan fingerprint density at radius 3 is 3.12 bits per heavy atom. The number of aromatic amines is 1.